The zero-order chi connectivity index (χ0) is 27.7. The van der Waals surface area contributed by atoms with Gasteiger partial charge in [-0.15, -0.1) is 0 Å². The Kier molecular flexibility index (Phi) is 7.51. The molecule has 2 saturated heterocycles. The summed E-state index contributed by atoms with van der Waals surface area (Å²) < 4.78 is 27.8. The van der Waals surface area contributed by atoms with Gasteiger partial charge < -0.3 is 9.88 Å². The topological polar surface area (TPSA) is 121 Å². The number of aromatic amines is 1. The summed E-state index contributed by atoms with van der Waals surface area (Å²) in [4.78, 5) is 47.5. The lowest BCUT2D eigenvalue weighted by molar-refractivity contribution is -0.138. The zero-order valence-electron chi connectivity index (χ0n) is 22.0. The zero-order valence-corrected chi connectivity index (χ0v) is 22.8. The molecule has 4 heterocycles. The molecule has 2 aliphatic rings. The van der Waals surface area contributed by atoms with Crippen LogP contribution in [0.4, 0.5) is 0 Å². The average Bonchev–Trinajstić information content (AvgIpc) is 3.50. The first kappa shape index (κ1) is 27.0. The molecule has 0 spiro atoms. The monoisotopic (exact) mass is 548 g/mol. The number of fused-ring (bicyclic) bond motifs is 1. The van der Waals surface area contributed by atoms with Gasteiger partial charge in [-0.2, -0.15) is 4.31 Å². The summed E-state index contributed by atoms with van der Waals surface area (Å²) in [5.74, 6) is -1.18. The quantitative estimate of drug-likeness (QED) is 0.462. The molecule has 204 valence electrons. The van der Waals surface area contributed by atoms with Gasteiger partial charge in [0.25, 0.3) is 5.56 Å². The Morgan fingerprint density at radius 3 is 2.56 bits per heavy atom. The molecule has 5 rings (SSSR count). The van der Waals surface area contributed by atoms with Crippen LogP contribution in [0.3, 0.4) is 0 Å². The number of likely N-dealkylation sites (tertiary alicyclic amines) is 1. The van der Waals surface area contributed by atoms with E-state index < -0.39 is 39.3 Å². The maximum Gasteiger partial charge on any atom is 0.252 e. The normalized spacial score (nSPS) is 20.4. The summed E-state index contributed by atoms with van der Waals surface area (Å²) >= 11 is 0. The second kappa shape index (κ2) is 10.9. The lowest BCUT2D eigenvalue weighted by atomic mass is 9.87. The van der Waals surface area contributed by atoms with Crippen molar-refractivity contribution in [1.29, 1.82) is 0 Å². The van der Waals surface area contributed by atoms with E-state index in [-0.39, 0.29) is 29.7 Å². The maximum absolute atomic E-state index is 14.1. The van der Waals surface area contributed by atoms with E-state index in [2.05, 4.69) is 23.8 Å². The predicted octanol–water partition coefficient (Wildman–Crippen LogP) is 2.95. The van der Waals surface area contributed by atoms with Crippen LogP contribution in [0.2, 0.25) is 0 Å². The van der Waals surface area contributed by atoms with E-state index in [0.29, 0.717) is 19.4 Å². The fraction of sp³-hybridized carbons (Fsp3) is 0.379. The van der Waals surface area contributed by atoms with Crippen LogP contribution in [0.5, 0.6) is 0 Å². The van der Waals surface area contributed by atoms with Gasteiger partial charge in [-0.25, -0.2) is 8.42 Å². The van der Waals surface area contributed by atoms with Crippen molar-refractivity contribution in [3.05, 3.63) is 88.6 Å². The lowest BCUT2D eigenvalue weighted by Gasteiger charge is -2.29. The first-order valence-electron chi connectivity index (χ1n) is 13.2. The number of nitrogens with one attached hydrogen (secondary N) is 1. The highest BCUT2D eigenvalue weighted by Gasteiger charge is 2.54. The third-order valence-corrected chi connectivity index (χ3v) is 9.35. The molecule has 0 bridgehead atoms. The SMILES string of the molecule is CC(C)CC(C(=O)N1CCC2C1C(=O)CN2S(=O)(=O)Cc1ccc[nH]c1=O)c1cccc(-c2ccncc2)c1. The van der Waals surface area contributed by atoms with Crippen LogP contribution >= 0.6 is 0 Å². The second-order valence-corrected chi connectivity index (χ2v) is 12.6. The van der Waals surface area contributed by atoms with E-state index in [1.54, 1.807) is 23.4 Å². The van der Waals surface area contributed by atoms with Crippen LogP contribution in [0, 0.1) is 5.92 Å². The highest BCUT2D eigenvalue weighted by atomic mass is 32.2. The first-order chi connectivity index (χ1) is 18.7. The number of carbonyl (C=O) groups is 2. The molecule has 1 amide bonds. The molecule has 2 aliphatic heterocycles. The number of hydrogen-bond acceptors (Lipinski definition) is 6. The van der Waals surface area contributed by atoms with Crippen LogP contribution in [0.1, 0.15) is 43.7 Å². The van der Waals surface area contributed by atoms with Crippen LogP contribution in [0.25, 0.3) is 11.1 Å². The van der Waals surface area contributed by atoms with E-state index >= 15 is 0 Å². The smallest absolute Gasteiger partial charge is 0.252 e. The van der Waals surface area contributed by atoms with Gasteiger partial charge in [0.05, 0.1) is 24.3 Å². The number of rotatable bonds is 8. The minimum atomic E-state index is -3.95. The summed E-state index contributed by atoms with van der Waals surface area (Å²) in [6.07, 6.45) is 5.86. The van der Waals surface area contributed by atoms with Crippen molar-refractivity contribution in [3.63, 3.8) is 0 Å². The largest absolute Gasteiger partial charge is 0.330 e. The van der Waals surface area contributed by atoms with Crippen molar-refractivity contribution >= 4 is 21.7 Å². The molecule has 10 heteroatoms. The summed E-state index contributed by atoms with van der Waals surface area (Å²) in [6.45, 7) is 4.12. The van der Waals surface area contributed by atoms with Crippen molar-refractivity contribution in [2.24, 2.45) is 5.92 Å². The fourth-order valence-electron chi connectivity index (χ4n) is 5.76. The van der Waals surface area contributed by atoms with Crippen molar-refractivity contribution < 1.29 is 18.0 Å². The predicted molar refractivity (Wildman–Crippen MR) is 147 cm³/mol. The van der Waals surface area contributed by atoms with Crippen LogP contribution < -0.4 is 5.56 Å². The van der Waals surface area contributed by atoms with Gasteiger partial charge in [-0.05, 0) is 53.6 Å². The molecule has 2 fully saturated rings. The number of aromatic nitrogens is 2. The first-order valence-corrected chi connectivity index (χ1v) is 14.8. The van der Waals surface area contributed by atoms with Crippen LogP contribution in [-0.4, -0.2) is 64.5 Å². The standard InChI is InChI=1S/C29H32N4O5S/c1-19(2)15-24(22-6-3-5-21(16-22)20-8-12-30-13-9-20)29(36)32-14-10-25-27(32)26(34)17-33(25)39(37,38)18-23-7-4-11-31-28(23)35/h3-9,11-13,16,19,24-25,27H,10,14-15,17-18H2,1-2H3,(H,31,35). The van der Waals surface area contributed by atoms with Gasteiger partial charge in [0, 0.05) is 30.7 Å². The molecular weight excluding hydrogens is 516 g/mol. The van der Waals surface area contributed by atoms with E-state index in [4.69, 9.17) is 0 Å². The Morgan fingerprint density at radius 1 is 1.08 bits per heavy atom. The summed E-state index contributed by atoms with van der Waals surface area (Å²) in [7, 11) is -3.95. The number of Topliss-reactive ketones (excluding diaryl/α,β-unsaturated/α-hetero) is 1. The van der Waals surface area contributed by atoms with Gasteiger partial charge in [0.15, 0.2) is 5.78 Å². The molecule has 0 radical (unpaired) electrons. The number of pyridine rings is 2. The Hall–Kier alpha value is -3.63. The van der Waals surface area contributed by atoms with Crippen LogP contribution in [-0.2, 0) is 25.4 Å². The molecule has 1 N–H and O–H groups in total. The molecule has 3 atom stereocenters. The number of H-pyrrole nitrogens is 1. The fourth-order valence-corrected chi connectivity index (χ4v) is 7.51. The van der Waals surface area contributed by atoms with E-state index in [1.807, 2.05) is 36.4 Å². The number of ketones is 1. The summed E-state index contributed by atoms with van der Waals surface area (Å²) in [5, 5.41) is 0. The number of nitrogens with zero attached hydrogens (tertiary/aromatic N) is 3. The molecule has 0 saturated carbocycles. The van der Waals surface area contributed by atoms with Gasteiger partial charge in [-0.3, -0.25) is 19.4 Å². The molecule has 3 aromatic rings. The van der Waals surface area contributed by atoms with E-state index in [9.17, 15) is 22.8 Å². The van der Waals surface area contributed by atoms with Crippen molar-refractivity contribution in [2.75, 3.05) is 13.1 Å². The second-order valence-electron chi connectivity index (χ2n) is 10.7. The highest BCUT2D eigenvalue weighted by Crippen LogP contribution is 2.37. The van der Waals surface area contributed by atoms with E-state index in [1.165, 1.54) is 16.6 Å². The van der Waals surface area contributed by atoms with Gasteiger partial charge in [0.2, 0.25) is 15.9 Å². The number of hydrogen-bond donors (Lipinski definition) is 1. The molecule has 39 heavy (non-hydrogen) atoms. The molecular formula is C29H32N4O5S. The van der Waals surface area contributed by atoms with Crippen molar-refractivity contribution in [1.82, 2.24) is 19.2 Å². The van der Waals surface area contributed by atoms with Crippen molar-refractivity contribution in [3.8, 4) is 11.1 Å². The van der Waals surface area contributed by atoms with Gasteiger partial charge in [-0.1, -0.05) is 44.2 Å². The Labute approximate surface area is 227 Å². The van der Waals surface area contributed by atoms with Gasteiger partial charge in [0.1, 0.15) is 6.04 Å². The third kappa shape index (κ3) is 5.44. The molecule has 2 aromatic heterocycles. The summed E-state index contributed by atoms with van der Waals surface area (Å²) in [6, 6.07) is 13.3. The highest BCUT2D eigenvalue weighted by molar-refractivity contribution is 7.88. The van der Waals surface area contributed by atoms with Crippen LogP contribution in [0.15, 0.2) is 71.9 Å². The van der Waals surface area contributed by atoms with E-state index in [0.717, 1.165) is 16.7 Å². The maximum atomic E-state index is 14.1. The molecule has 9 nitrogen and oxygen atoms in total. The molecule has 1 aromatic carbocycles. The number of carbonyl (C=O) groups excluding carboxylic acids is 2. The average molecular weight is 549 g/mol. The Bertz CT molecular complexity index is 1540. The minimum Gasteiger partial charge on any atom is -0.330 e. The minimum absolute atomic E-state index is 0.116. The number of sulfonamides is 1. The lowest BCUT2D eigenvalue weighted by Crippen LogP contribution is -2.45. The third-order valence-electron chi connectivity index (χ3n) is 7.56. The number of benzene rings is 1. The Balaban J connectivity index is 1.41. The molecule has 0 aliphatic carbocycles. The summed E-state index contributed by atoms with van der Waals surface area (Å²) in [5.41, 5.74) is 2.47. The molecule has 3 unspecified atom stereocenters. The van der Waals surface area contributed by atoms with Crippen molar-refractivity contribution in [2.45, 2.75) is 50.4 Å². The van der Waals surface area contributed by atoms with Gasteiger partial charge >= 0.3 is 0 Å². The number of amides is 1. The Morgan fingerprint density at radius 2 is 1.85 bits per heavy atom.